The fourth-order valence-corrected chi connectivity index (χ4v) is 2.81. The number of carboxylic acids is 1. The van der Waals surface area contributed by atoms with Crippen LogP contribution in [0.2, 0.25) is 0 Å². The lowest BCUT2D eigenvalue weighted by molar-refractivity contribution is -0.148. The highest BCUT2D eigenvalue weighted by Gasteiger charge is 2.20. The van der Waals surface area contributed by atoms with Gasteiger partial charge in [-0.2, -0.15) is 0 Å². The van der Waals surface area contributed by atoms with Crippen molar-refractivity contribution in [3.8, 4) is 0 Å². The molecule has 0 aliphatic rings. The molecule has 0 aliphatic heterocycles. The summed E-state index contributed by atoms with van der Waals surface area (Å²) in [7, 11) is 1.23. The second-order valence-electron chi connectivity index (χ2n) is 4.61. The van der Waals surface area contributed by atoms with E-state index < -0.39 is 23.5 Å². The monoisotopic (exact) mass is 325 g/mol. The van der Waals surface area contributed by atoms with Gasteiger partial charge in [0, 0.05) is 23.9 Å². The molecule has 0 bridgehead atoms. The minimum atomic E-state index is -1.20. The third-order valence-corrected chi connectivity index (χ3v) is 4.34. The Labute approximate surface area is 129 Å². The number of amides is 1. The summed E-state index contributed by atoms with van der Waals surface area (Å²) in [6.45, 7) is 3.40. The minimum Gasteiger partial charge on any atom is -0.479 e. The summed E-state index contributed by atoms with van der Waals surface area (Å²) >= 11 is 1.36. The van der Waals surface area contributed by atoms with Gasteiger partial charge in [-0.1, -0.05) is 0 Å². The van der Waals surface area contributed by atoms with Gasteiger partial charge in [-0.15, -0.1) is 11.3 Å². The Morgan fingerprint density at radius 3 is 2.77 bits per heavy atom. The highest BCUT2D eigenvalue weighted by Crippen LogP contribution is 2.18. The third kappa shape index (κ3) is 2.85. The molecule has 0 aromatic carbocycles. The lowest BCUT2D eigenvalue weighted by Crippen LogP contribution is -2.40. The SMILES string of the molecule is COC(CNC(=O)c1cnc2sc(C)c(C)n2c1=O)C(=O)O. The summed E-state index contributed by atoms with van der Waals surface area (Å²) in [5, 5.41) is 11.2. The van der Waals surface area contributed by atoms with Gasteiger partial charge in [0.2, 0.25) is 0 Å². The smallest absolute Gasteiger partial charge is 0.334 e. The normalized spacial score (nSPS) is 12.3. The second kappa shape index (κ2) is 6.24. The number of aliphatic carboxylic acids is 1. The zero-order valence-corrected chi connectivity index (χ0v) is 13.1. The zero-order chi connectivity index (χ0) is 16.4. The van der Waals surface area contributed by atoms with E-state index in [1.165, 1.54) is 29.0 Å². The molecule has 2 aromatic rings. The zero-order valence-electron chi connectivity index (χ0n) is 12.2. The van der Waals surface area contributed by atoms with Gasteiger partial charge < -0.3 is 15.2 Å². The average Bonchev–Trinajstić information content (AvgIpc) is 2.75. The van der Waals surface area contributed by atoms with Gasteiger partial charge in [-0.25, -0.2) is 9.78 Å². The Morgan fingerprint density at radius 1 is 1.50 bits per heavy atom. The number of carbonyl (C=O) groups excluding carboxylic acids is 1. The van der Waals surface area contributed by atoms with Crippen molar-refractivity contribution in [3.63, 3.8) is 0 Å². The topological polar surface area (TPSA) is 110 Å². The Morgan fingerprint density at radius 2 is 2.18 bits per heavy atom. The van der Waals surface area contributed by atoms with E-state index in [0.29, 0.717) is 4.96 Å². The molecule has 9 heteroatoms. The summed E-state index contributed by atoms with van der Waals surface area (Å²) in [6, 6.07) is 0. The number of hydrogen-bond donors (Lipinski definition) is 2. The fourth-order valence-electron chi connectivity index (χ4n) is 1.88. The molecule has 1 unspecified atom stereocenters. The average molecular weight is 325 g/mol. The largest absolute Gasteiger partial charge is 0.479 e. The second-order valence-corrected chi connectivity index (χ2v) is 5.79. The maximum atomic E-state index is 12.4. The maximum absolute atomic E-state index is 12.4. The van der Waals surface area contributed by atoms with Gasteiger partial charge in [0.05, 0.1) is 6.54 Å². The number of nitrogens with one attached hydrogen (secondary N) is 1. The summed E-state index contributed by atoms with van der Waals surface area (Å²) in [5.74, 6) is -1.88. The van der Waals surface area contributed by atoms with E-state index in [1.807, 2.05) is 6.92 Å². The van der Waals surface area contributed by atoms with Gasteiger partial charge in [-0.05, 0) is 13.8 Å². The van der Waals surface area contributed by atoms with Crippen molar-refractivity contribution in [3.05, 3.63) is 32.7 Å². The van der Waals surface area contributed by atoms with Crippen LogP contribution in [0.15, 0.2) is 11.0 Å². The molecule has 118 valence electrons. The van der Waals surface area contributed by atoms with Crippen molar-refractivity contribution < 1.29 is 19.4 Å². The summed E-state index contributed by atoms with van der Waals surface area (Å²) in [5.41, 5.74) is 0.111. The number of aryl methyl sites for hydroxylation is 2. The molecule has 1 amide bonds. The van der Waals surface area contributed by atoms with Crippen LogP contribution in [0, 0.1) is 13.8 Å². The Balaban J connectivity index is 2.29. The van der Waals surface area contributed by atoms with Crippen LogP contribution in [0.4, 0.5) is 0 Å². The number of ether oxygens (including phenoxy) is 1. The van der Waals surface area contributed by atoms with Gasteiger partial charge in [0.1, 0.15) is 5.56 Å². The van der Waals surface area contributed by atoms with Crippen LogP contribution in [-0.4, -0.2) is 46.1 Å². The summed E-state index contributed by atoms with van der Waals surface area (Å²) < 4.78 is 6.08. The molecule has 8 nitrogen and oxygen atoms in total. The lowest BCUT2D eigenvalue weighted by atomic mass is 10.3. The van der Waals surface area contributed by atoms with E-state index in [0.717, 1.165) is 10.6 Å². The number of aromatic nitrogens is 2. The van der Waals surface area contributed by atoms with Crippen LogP contribution in [0.5, 0.6) is 0 Å². The number of carbonyl (C=O) groups is 2. The van der Waals surface area contributed by atoms with Crippen LogP contribution in [-0.2, 0) is 9.53 Å². The van der Waals surface area contributed by atoms with Crippen molar-refractivity contribution in [1.29, 1.82) is 0 Å². The summed E-state index contributed by atoms with van der Waals surface area (Å²) in [6.07, 6.45) is 0.0267. The first-order valence-corrected chi connectivity index (χ1v) is 7.20. The predicted octanol–water partition coefficient (Wildman–Crippen LogP) is 0.202. The van der Waals surface area contributed by atoms with Crippen molar-refractivity contribution in [1.82, 2.24) is 14.7 Å². The van der Waals surface area contributed by atoms with E-state index in [4.69, 9.17) is 9.84 Å². The molecular weight excluding hydrogens is 310 g/mol. The van der Waals surface area contributed by atoms with E-state index >= 15 is 0 Å². The molecular formula is C13H15N3O5S. The quantitative estimate of drug-likeness (QED) is 0.813. The molecule has 2 rings (SSSR count). The minimum absolute atomic E-state index is 0.140. The van der Waals surface area contributed by atoms with Crippen LogP contribution >= 0.6 is 11.3 Å². The molecule has 1 atom stereocenters. The van der Waals surface area contributed by atoms with Gasteiger partial charge in [0.25, 0.3) is 11.5 Å². The first-order chi connectivity index (χ1) is 10.4. The number of carboxylic acid groups (broad SMARTS) is 1. The van der Waals surface area contributed by atoms with Gasteiger partial charge in [-0.3, -0.25) is 14.0 Å². The number of fused-ring (bicyclic) bond motifs is 1. The standard InChI is InChI=1S/C13H15N3O5S/c1-6-7(2)22-13-15-4-8(11(18)16(6)13)10(17)14-5-9(21-3)12(19)20/h4,9H,5H2,1-3H3,(H,14,17)(H,19,20). The van der Waals surface area contributed by atoms with E-state index in [9.17, 15) is 14.4 Å². The molecule has 2 aromatic heterocycles. The number of nitrogens with zero attached hydrogens (tertiary/aromatic N) is 2. The molecule has 0 fully saturated rings. The molecule has 0 saturated heterocycles. The van der Waals surface area contributed by atoms with Gasteiger partial charge >= 0.3 is 5.97 Å². The maximum Gasteiger partial charge on any atom is 0.334 e. The molecule has 2 heterocycles. The van der Waals surface area contributed by atoms with Crippen molar-refractivity contribution in [2.75, 3.05) is 13.7 Å². The van der Waals surface area contributed by atoms with E-state index in [2.05, 4.69) is 10.3 Å². The first kappa shape index (κ1) is 16.1. The highest BCUT2D eigenvalue weighted by atomic mass is 32.1. The number of methoxy groups -OCH3 is 1. The molecule has 0 saturated carbocycles. The molecule has 22 heavy (non-hydrogen) atoms. The van der Waals surface area contributed by atoms with E-state index in [-0.39, 0.29) is 12.1 Å². The fraction of sp³-hybridized carbons (Fsp3) is 0.385. The molecule has 2 N–H and O–H groups in total. The molecule has 0 aliphatic carbocycles. The lowest BCUT2D eigenvalue weighted by Gasteiger charge is -2.11. The summed E-state index contributed by atoms with van der Waals surface area (Å²) in [4.78, 5) is 40.8. The number of rotatable bonds is 5. The van der Waals surface area contributed by atoms with Crippen molar-refractivity contribution >= 4 is 28.2 Å². The number of hydrogen-bond acceptors (Lipinski definition) is 6. The Kier molecular flexibility index (Phi) is 4.57. The van der Waals surface area contributed by atoms with Crippen LogP contribution in [0.1, 0.15) is 20.9 Å². The number of thiazole rings is 1. The van der Waals surface area contributed by atoms with Crippen LogP contribution in [0.25, 0.3) is 4.96 Å². The van der Waals surface area contributed by atoms with Crippen molar-refractivity contribution in [2.24, 2.45) is 0 Å². The van der Waals surface area contributed by atoms with Gasteiger partial charge in [0.15, 0.2) is 11.1 Å². The molecule has 0 spiro atoms. The van der Waals surface area contributed by atoms with Crippen LogP contribution < -0.4 is 10.9 Å². The first-order valence-electron chi connectivity index (χ1n) is 6.38. The van der Waals surface area contributed by atoms with Crippen molar-refractivity contribution in [2.45, 2.75) is 20.0 Å². The Hall–Kier alpha value is -2.26. The predicted molar refractivity (Wildman–Crippen MR) is 79.6 cm³/mol. The highest BCUT2D eigenvalue weighted by molar-refractivity contribution is 7.17. The van der Waals surface area contributed by atoms with Crippen LogP contribution in [0.3, 0.4) is 0 Å². The van der Waals surface area contributed by atoms with E-state index in [1.54, 1.807) is 6.92 Å². The third-order valence-electron chi connectivity index (χ3n) is 3.27. The molecule has 0 radical (unpaired) electrons. The Bertz CT molecular complexity index is 795.